The van der Waals surface area contributed by atoms with Crippen molar-refractivity contribution in [2.45, 2.75) is 32.4 Å². The summed E-state index contributed by atoms with van der Waals surface area (Å²) >= 11 is 0. The van der Waals surface area contributed by atoms with Gasteiger partial charge in [0.1, 0.15) is 6.04 Å². The van der Waals surface area contributed by atoms with Gasteiger partial charge in [0.25, 0.3) is 5.91 Å². The van der Waals surface area contributed by atoms with Gasteiger partial charge >= 0.3 is 11.8 Å². The van der Waals surface area contributed by atoms with E-state index < -0.39 is 17.9 Å². The van der Waals surface area contributed by atoms with Gasteiger partial charge in [0.2, 0.25) is 0 Å². The van der Waals surface area contributed by atoms with Crippen molar-refractivity contribution in [2.75, 3.05) is 25.7 Å². The van der Waals surface area contributed by atoms with Crippen LogP contribution in [0.25, 0.3) is 0 Å². The first-order valence-electron chi connectivity index (χ1n) is 10.1. The van der Waals surface area contributed by atoms with E-state index in [-0.39, 0.29) is 18.5 Å². The van der Waals surface area contributed by atoms with Crippen molar-refractivity contribution in [1.82, 2.24) is 10.6 Å². The summed E-state index contributed by atoms with van der Waals surface area (Å²) in [7, 11) is 3.11. The molecule has 1 unspecified atom stereocenters. The quantitative estimate of drug-likeness (QED) is 0.661. The second kappa shape index (κ2) is 9.51. The summed E-state index contributed by atoms with van der Waals surface area (Å²) in [6, 6.07) is 11.8. The lowest BCUT2D eigenvalue weighted by molar-refractivity contribution is -0.140. The number of nitrogens with one attached hydrogen (secondary N) is 2. The SMILES string of the molecule is COc1ccc(CCNC(=O)C(=O)NC2C(=O)N(C(C)C)c3ccccc32)cc1OC. The molecular formula is C23H27N3O5. The molecule has 8 heteroatoms. The zero-order chi connectivity index (χ0) is 22.5. The second-order valence-corrected chi connectivity index (χ2v) is 7.46. The predicted molar refractivity (Wildman–Crippen MR) is 116 cm³/mol. The van der Waals surface area contributed by atoms with Gasteiger partial charge in [-0.05, 0) is 44.0 Å². The highest BCUT2D eigenvalue weighted by Crippen LogP contribution is 2.36. The number of para-hydroxylation sites is 1. The zero-order valence-electron chi connectivity index (χ0n) is 18.1. The van der Waals surface area contributed by atoms with E-state index in [1.54, 1.807) is 37.3 Å². The summed E-state index contributed by atoms with van der Waals surface area (Å²) in [4.78, 5) is 39.2. The van der Waals surface area contributed by atoms with Crippen LogP contribution in [0.3, 0.4) is 0 Å². The number of nitrogens with zero attached hydrogens (tertiary/aromatic N) is 1. The molecule has 1 aliphatic rings. The predicted octanol–water partition coefficient (Wildman–Crippen LogP) is 1.98. The Kier molecular flexibility index (Phi) is 6.79. The topological polar surface area (TPSA) is 97.0 Å². The smallest absolute Gasteiger partial charge is 0.310 e. The molecule has 8 nitrogen and oxygen atoms in total. The largest absolute Gasteiger partial charge is 0.493 e. The van der Waals surface area contributed by atoms with Crippen LogP contribution in [0.5, 0.6) is 11.5 Å². The van der Waals surface area contributed by atoms with E-state index in [4.69, 9.17) is 9.47 Å². The fourth-order valence-electron chi connectivity index (χ4n) is 3.65. The molecule has 164 valence electrons. The number of benzene rings is 2. The Balaban J connectivity index is 1.59. The molecule has 0 aromatic heterocycles. The number of anilines is 1. The number of rotatable bonds is 7. The van der Waals surface area contributed by atoms with Crippen LogP contribution in [0.4, 0.5) is 5.69 Å². The Bertz CT molecular complexity index is 989. The lowest BCUT2D eigenvalue weighted by Crippen LogP contribution is -2.45. The fourth-order valence-corrected chi connectivity index (χ4v) is 3.65. The van der Waals surface area contributed by atoms with Crippen molar-refractivity contribution < 1.29 is 23.9 Å². The molecule has 31 heavy (non-hydrogen) atoms. The van der Waals surface area contributed by atoms with E-state index in [1.807, 2.05) is 38.1 Å². The molecule has 0 spiro atoms. The van der Waals surface area contributed by atoms with Crippen LogP contribution in [-0.4, -0.2) is 44.5 Å². The molecule has 2 aromatic carbocycles. The number of hydrogen-bond donors (Lipinski definition) is 2. The summed E-state index contributed by atoms with van der Waals surface area (Å²) in [5.41, 5.74) is 2.36. The van der Waals surface area contributed by atoms with Crippen LogP contribution in [0.15, 0.2) is 42.5 Å². The molecule has 0 saturated heterocycles. The van der Waals surface area contributed by atoms with Crippen LogP contribution in [0.1, 0.15) is 31.0 Å². The van der Waals surface area contributed by atoms with Gasteiger partial charge in [0.05, 0.1) is 14.2 Å². The first-order valence-corrected chi connectivity index (χ1v) is 10.1. The van der Waals surface area contributed by atoms with Gasteiger partial charge < -0.3 is 25.0 Å². The lowest BCUT2D eigenvalue weighted by atomic mass is 10.1. The molecule has 0 saturated carbocycles. The van der Waals surface area contributed by atoms with Crippen LogP contribution in [0, 0.1) is 0 Å². The third-order valence-electron chi connectivity index (χ3n) is 5.14. The number of hydrogen-bond acceptors (Lipinski definition) is 5. The lowest BCUT2D eigenvalue weighted by Gasteiger charge is -2.22. The molecule has 3 rings (SSSR count). The average molecular weight is 425 g/mol. The third kappa shape index (κ3) is 4.63. The molecule has 1 atom stereocenters. The first kappa shape index (κ1) is 22.1. The van der Waals surface area contributed by atoms with Gasteiger partial charge in [-0.2, -0.15) is 0 Å². The molecule has 2 N–H and O–H groups in total. The second-order valence-electron chi connectivity index (χ2n) is 7.46. The average Bonchev–Trinajstić information content (AvgIpc) is 3.04. The normalized spacial score (nSPS) is 14.9. The van der Waals surface area contributed by atoms with Gasteiger partial charge in [-0.25, -0.2) is 0 Å². The molecule has 0 aliphatic carbocycles. The first-order chi connectivity index (χ1) is 14.9. The van der Waals surface area contributed by atoms with Crippen molar-refractivity contribution in [3.63, 3.8) is 0 Å². The van der Waals surface area contributed by atoms with Crippen LogP contribution in [0.2, 0.25) is 0 Å². The molecular weight excluding hydrogens is 398 g/mol. The van der Waals surface area contributed by atoms with Gasteiger partial charge in [-0.15, -0.1) is 0 Å². The maximum Gasteiger partial charge on any atom is 0.310 e. The monoisotopic (exact) mass is 425 g/mol. The minimum absolute atomic E-state index is 0.0640. The van der Waals surface area contributed by atoms with Crippen LogP contribution >= 0.6 is 0 Å². The molecule has 0 bridgehead atoms. The maximum absolute atomic E-state index is 12.8. The third-order valence-corrected chi connectivity index (χ3v) is 5.14. The summed E-state index contributed by atoms with van der Waals surface area (Å²) in [5, 5.41) is 5.17. The molecule has 2 aromatic rings. The van der Waals surface area contributed by atoms with E-state index in [2.05, 4.69) is 10.6 Å². The van der Waals surface area contributed by atoms with E-state index in [9.17, 15) is 14.4 Å². The van der Waals surface area contributed by atoms with E-state index >= 15 is 0 Å². The Morgan fingerprint density at radius 3 is 2.42 bits per heavy atom. The van der Waals surface area contributed by atoms with E-state index in [0.29, 0.717) is 23.5 Å². The van der Waals surface area contributed by atoms with E-state index in [0.717, 1.165) is 11.3 Å². The Morgan fingerprint density at radius 1 is 1.03 bits per heavy atom. The number of amides is 3. The highest BCUT2D eigenvalue weighted by Gasteiger charge is 2.39. The molecule has 1 aliphatic heterocycles. The molecule has 0 radical (unpaired) electrons. The Morgan fingerprint density at radius 2 is 1.74 bits per heavy atom. The Hall–Kier alpha value is -3.55. The van der Waals surface area contributed by atoms with E-state index in [1.165, 1.54) is 0 Å². The standard InChI is InChI=1S/C23H27N3O5/c1-14(2)26-17-8-6-5-7-16(17)20(23(26)29)25-22(28)21(27)24-12-11-15-9-10-18(30-3)19(13-15)31-4/h5-10,13-14,20H,11-12H2,1-4H3,(H,24,27)(H,25,28). The highest BCUT2D eigenvalue weighted by molar-refractivity contribution is 6.35. The minimum Gasteiger partial charge on any atom is -0.493 e. The van der Waals surface area contributed by atoms with Gasteiger partial charge in [-0.3, -0.25) is 14.4 Å². The van der Waals surface area contributed by atoms with Gasteiger partial charge in [0.15, 0.2) is 11.5 Å². The van der Waals surface area contributed by atoms with Crippen molar-refractivity contribution in [1.29, 1.82) is 0 Å². The van der Waals surface area contributed by atoms with Crippen molar-refractivity contribution >= 4 is 23.4 Å². The fraction of sp³-hybridized carbons (Fsp3) is 0.348. The summed E-state index contributed by atoms with van der Waals surface area (Å²) in [6.07, 6.45) is 0.506. The number of methoxy groups -OCH3 is 2. The summed E-state index contributed by atoms with van der Waals surface area (Å²) in [6.45, 7) is 4.06. The minimum atomic E-state index is -0.873. The molecule has 1 heterocycles. The number of ether oxygens (including phenoxy) is 2. The molecule has 3 amide bonds. The number of carbonyl (C=O) groups excluding carboxylic acids is 3. The van der Waals surface area contributed by atoms with Gasteiger partial charge in [-0.1, -0.05) is 24.3 Å². The van der Waals surface area contributed by atoms with Crippen LogP contribution < -0.4 is 25.0 Å². The highest BCUT2D eigenvalue weighted by atomic mass is 16.5. The van der Waals surface area contributed by atoms with Crippen molar-refractivity contribution in [2.24, 2.45) is 0 Å². The van der Waals surface area contributed by atoms with Crippen molar-refractivity contribution in [3.05, 3.63) is 53.6 Å². The zero-order valence-corrected chi connectivity index (χ0v) is 18.1. The maximum atomic E-state index is 12.8. The van der Waals surface area contributed by atoms with Gasteiger partial charge in [0, 0.05) is 23.8 Å². The summed E-state index contributed by atoms with van der Waals surface area (Å²) < 4.78 is 10.5. The van der Waals surface area contributed by atoms with Crippen LogP contribution in [-0.2, 0) is 20.8 Å². The summed E-state index contributed by atoms with van der Waals surface area (Å²) in [5.74, 6) is -0.661. The van der Waals surface area contributed by atoms with Crippen molar-refractivity contribution in [3.8, 4) is 11.5 Å². The molecule has 0 fully saturated rings. The number of fused-ring (bicyclic) bond motifs is 1. The number of carbonyl (C=O) groups is 3. The Labute approximate surface area is 181 Å².